The summed E-state index contributed by atoms with van der Waals surface area (Å²) in [6, 6.07) is 0.738. The standard InChI is InChI=1S/C13H27N3/c1-12-10-15(2)8-3-9-16(12)11-13-4-6-14-7-5-13/h12-14H,3-11H2,1-2H3. The van der Waals surface area contributed by atoms with Crippen LogP contribution in [0.25, 0.3) is 0 Å². The lowest BCUT2D eigenvalue weighted by Crippen LogP contribution is -2.42. The molecule has 2 aliphatic rings. The molecule has 0 amide bonds. The van der Waals surface area contributed by atoms with E-state index in [0.29, 0.717) is 0 Å². The molecule has 0 saturated carbocycles. The van der Waals surface area contributed by atoms with E-state index in [2.05, 4.69) is 29.1 Å². The molecule has 2 aliphatic heterocycles. The van der Waals surface area contributed by atoms with Gasteiger partial charge in [-0.3, -0.25) is 4.90 Å². The smallest absolute Gasteiger partial charge is 0.0194 e. The number of nitrogens with zero attached hydrogens (tertiary/aromatic N) is 2. The second-order valence-electron chi connectivity index (χ2n) is 5.65. The van der Waals surface area contributed by atoms with Crippen molar-refractivity contribution < 1.29 is 0 Å². The molecule has 3 heteroatoms. The number of rotatable bonds is 2. The van der Waals surface area contributed by atoms with Crippen molar-refractivity contribution in [3.05, 3.63) is 0 Å². The van der Waals surface area contributed by atoms with Crippen molar-refractivity contribution in [2.24, 2.45) is 5.92 Å². The number of likely N-dealkylation sites (N-methyl/N-ethyl adjacent to an activating group) is 1. The monoisotopic (exact) mass is 225 g/mol. The fourth-order valence-electron chi connectivity index (χ4n) is 3.09. The fourth-order valence-corrected chi connectivity index (χ4v) is 3.09. The first-order chi connectivity index (χ1) is 7.75. The Bertz CT molecular complexity index is 201. The summed E-state index contributed by atoms with van der Waals surface area (Å²) in [6.07, 6.45) is 4.09. The maximum absolute atomic E-state index is 3.46. The predicted molar refractivity (Wildman–Crippen MR) is 68.7 cm³/mol. The highest BCUT2D eigenvalue weighted by Gasteiger charge is 2.23. The van der Waals surface area contributed by atoms with Crippen molar-refractivity contribution in [2.45, 2.75) is 32.2 Å². The minimum atomic E-state index is 0.738. The molecule has 0 aromatic rings. The van der Waals surface area contributed by atoms with E-state index >= 15 is 0 Å². The van der Waals surface area contributed by atoms with Gasteiger partial charge in [0.15, 0.2) is 0 Å². The topological polar surface area (TPSA) is 18.5 Å². The quantitative estimate of drug-likeness (QED) is 0.757. The average molecular weight is 225 g/mol. The Labute approximate surface area is 100 Å². The van der Waals surface area contributed by atoms with E-state index in [1.54, 1.807) is 0 Å². The van der Waals surface area contributed by atoms with Gasteiger partial charge in [-0.2, -0.15) is 0 Å². The first-order valence-electron chi connectivity index (χ1n) is 6.89. The Balaban J connectivity index is 1.82. The molecule has 0 bridgehead atoms. The molecule has 3 nitrogen and oxygen atoms in total. The van der Waals surface area contributed by atoms with Crippen LogP contribution in [0.5, 0.6) is 0 Å². The number of hydrogen-bond donors (Lipinski definition) is 1. The highest BCUT2D eigenvalue weighted by atomic mass is 15.2. The normalized spacial score (nSPS) is 31.5. The van der Waals surface area contributed by atoms with Gasteiger partial charge in [0, 0.05) is 19.1 Å². The summed E-state index contributed by atoms with van der Waals surface area (Å²) in [5.74, 6) is 0.937. The predicted octanol–water partition coefficient (Wildman–Crippen LogP) is 1.01. The summed E-state index contributed by atoms with van der Waals surface area (Å²) in [5.41, 5.74) is 0. The molecule has 0 aromatic heterocycles. The highest BCUT2D eigenvalue weighted by molar-refractivity contribution is 4.79. The number of hydrogen-bond acceptors (Lipinski definition) is 3. The van der Waals surface area contributed by atoms with E-state index in [0.717, 1.165) is 12.0 Å². The third kappa shape index (κ3) is 3.44. The first kappa shape index (κ1) is 12.3. The fraction of sp³-hybridized carbons (Fsp3) is 1.00. The SMILES string of the molecule is CC1CN(C)CCCN1CC1CCNCC1. The van der Waals surface area contributed by atoms with Crippen LogP contribution in [0.4, 0.5) is 0 Å². The first-order valence-corrected chi connectivity index (χ1v) is 6.89. The van der Waals surface area contributed by atoms with E-state index < -0.39 is 0 Å². The molecule has 2 heterocycles. The molecule has 1 atom stereocenters. The zero-order valence-electron chi connectivity index (χ0n) is 10.9. The summed E-state index contributed by atoms with van der Waals surface area (Å²) in [7, 11) is 2.25. The number of nitrogens with one attached hydrogen (secondary N) is 1. The maximum atomic E-state index is 3.46. The molecule has 2 fully saturated rings. The van der Waals surface area contributed by atoms with Gasteiger partial charge in [0.1, 0.15) is 0 Å². The number of piperidine rings is 1. The van der Waals surface area contributed by atoms with Crippen molar-refractivity contribution >= 4 is 0 Å². The lowest BCUT2D eigenvalue weighted by molar-refractivity contribution is 0.159. The van der Waals surface area contributed by atoms with Gasteiger partial charge in [-0.05, 0) is 65.3 Å². The van der Waals surface area contributed by atoms with Gasteiger partial charge in [-0.25, -0.2) is 0 Å². The van der Waals surface area contributed by atoms with Gasteiger partial charge < -0.3 is 10.2 Å². The molecule has 94 valence electrons. The molecule has 0 aromatic carbocycles. The van der Waals surface area contributed by atoms with Gasteiger partial charge in [0.25, 0.3) is 0 Å². The summed E-state index contributed by atoms with van der Waals surface area (Å²) >= 11 is 0. The Morgan fingerprint density at radius 2 is 1.94 bits per heavy atom. The van der Waals surface area contributed by atoms with Crippen LogP contribution in [0.2, 0.25) is 0 Å². The maximum Gasteiger partial charge on any atom is 0.0194 e. The second-order valence-corrected chi connectivity index (χ2v) is 5.65. The van der Waals surface area contributed by atoms with Gasteiger partial charge in [0.2, 0.25) is 0 Å². The van der Waals surface area contributed by atoms with E-state index in [-0.39, 0.29) is 0 Å². The van der Waals surface area contributed by atoms with Gasteiger partial charge in [-0.1, -0.05) is 0 Å². The van der Waals surface area contributed by atoms with Crippen LogP contribution < -0.4 is 5.32 Å². The van der Waals surface area contributed by atoms with Crippen LogP contribution in [0, 0.1) is 5.92 Å². The van der Waals surface area contributed by atoms with Crippen LogP contribution in [-0.2, 0) is 0 Å². The summed E-state index contributed by atoms with van der Waals surface area (Å²) in [5, 5.41) is 3.46. The third-order valence-electron chi connectivity index (χ3n) is 4.14. The largest absolute Gasteiger partial charge is 0.317 e. The van der Waals surface area contributed by atoms with Gasteiger partial charge >= 0.3 is 0 Å². The molecule has 1 N–H and O–H groups in total. The highest BCUT2D eigenvalue weighted by Crippen LogP contribution is 2.17. The molecule has 0 aliphatic carbocycles. The molecule has 0 radical (unpaired) electrons. The molecule has 0 spiro atoms. The Morgan fingerprint density at radius 1 is 1.19 bits per heavy atom. The Hall–Kier alpha value is -0.120. The van der Waals surface area contributed by atoms with Crippen LogP contribution in [-0.4, -0.2) is 62.2 Å². The van der Waals surface area contributed by atoms with E-state index in [1.165, 1.54) is 58.5 Å². The molecular formula is C13H27N3. The van der Waals surface area contributed by atoms with Crippen molar-refractivity contribution in [3.63, 3.8) is 0 Å². The summed E-state index contributed by atoms with van der Waals surface area (Å²) < 4.78 is 0. The Kier molecular flexibility index (Phi) is 4.62. The molecular weight excluding hydrogens is 198 g/mol. The molecule has 16 heavy (non-hydrogen) atoms. The van der Waals surface area contributed by atoms with Gasteiger partial charge in [0.05, 0.1) is 0 Å². The van der Waals surface area contributed by atoms with Crippen LogP contribution in [0.15, 0.2) is 0 Å². The molecule has 1 unspecified atom stereocenters. The van der Waals surface area contributed by atoms with Crippen LogP contribution in [0.3, 0.4) is 0 Å². The summed E-state index contributed by atoms with van der Waals surface area (Å²) in [6.45, 7) is 9.99. The third-order valence-corrected chi connectivity index (χ3v) is 4.14. The van der Waals surface area contributed by atoms with Crippen molar-refractivity contribution in [2.75, 3.05) is 46.3 Å². The van der Waals surface area contributed by atoms with Gasteiger partial charge in [-0.15, -0.1) is 0 Å². The lowest BCUT2D eigenvalue weighted by atomic mass is 9.97. The van der Waals surface area contributed by atoms with E-state index in [9.17, 15) is 0 Å². The lowest BCUT2D eigenvalue weighted by Gasteiger charge is -2.33. The second kappa shape index (κ2) is 5.99. The van der Waals surface area contributed by atoms with Crippen LogP contribution in [0.1, 0.15) is 26.2 Å². The molecule has 2 saturated heterocycles. The zero-order chi connectivity index (χ0) is 11.4. The van der Waals surface area contributed by atoms with Crippen LogP contribution >= 0.6 is 0 Å². The average Bonchev–Trinajstić information content (AvgIpc) is 2.43. The minimum absolute atomic E-state index is 0.738. The van der Waals surface area contributed by atoms with Crippen molar-refractivity contribution in [1.29, 1.82) is 0 Å². The zero-order valence-corrected chi connectivity index (χ0v) is 10.9. The van der Waals surface area contributed by atoms with Crippen molar-refractivity contribution in [3.8, 4) is 0 Å². The van der Waals surface area contributed by atoms with E-state index in [4.69, 9.17) is 0 Å². The Morgan fingerprint density at radius 3 is 2.69 bits per heavy atom. The summed E-state index contributed by atoms with van der Waals surface area (Å²) in [4.78, 5) is 5.20. The van der Waals surface area contributed by atoms with E-state index in [1.807, 2.05) is 0 Å². The minimum Gasteiger partial charge on any atom is -0.317 e. The molecule has 2 rings (SSSR count). The van der Waals surface area contributed by atoms with Crippen molar-refractivity contribution in [1.82, 2.24) is 15.1 Å².